The van der Waals surface area contributed by atoms with Crippen LogP contribution in [-0.4, -0.2) is 26.3 Å². The molecule has 32 heavy (non-hydrogen) atoms. The van der Waals surface area contributed by atoms with Gasteiger partial charge in [0.25, 0.3) is 0 Å². The Balaban J connectivity index is 1.59. The van der Waals surface area contributed by atoms with E-state index in [1.165, 1.54) is 16.3 Å². The average Bonchev–Trinajstić information content (AvgIpc) is 3.30. The van der Waals surface area contributed by atoms with Crippen LogP contribution >= 0.6 is 0 Å². The minimum absolute atomic E-state index is 0.234. The summed E-state index contributed by atoms with van der Waals surface area (Å²) in [5, 5.41) is 2.38. The Morgan fingerprint density at radius 1 is 0.844 bits per heavy atom. The van der Waals surface area contributed by atoms with Gasteiger partial charge >= 0.3 is 5.97 Å². The zero-order valence-electron chi connectivity index (χ0n) is 18.0. The number of carbonyl (C=O) groups excluding carboxylic acids is 1. The van der Waals surface area contributed by atoms with Crippen molar-refractivity contribution in [3.8, 4) is 39.1 Å². The number of carbonyl (C=O) groups is 1. The van der Waals surface area contributed by atoms with E-state index < -0.39 is 0 Å². The van der Waals surface area contributed by atoms with Gasteiger partial charge in [0, 0.05) is 18.2 Å². The molecule has 1 heterocycles. The maximum atomic E-state index is 12.9. The summed E-state index contributed by atoms with van der Waals surface area (Å²) in [7, 11) is 1.66. The Morgan fingerprint density at radius 2 is 1.56 bits per heavy atom. The van der Waals surface area contributed by atoms with E-state index in [9.17, 15) is 4.79 Å². The van der Waals surface area contributed by atoms with Crippen LogP contribution in [0.15, 0.2) is 66.7 Å². The Labute approximate surface area is 186 Å². The lowest BCUT2D eigenvalue weighted by atomic mass is 9.86. The Kier molecular flexibility index (Phi) is 4.30. The number of esters is 1. The summed E-state index contributed by atoms with van der Waals surface area (Å²) in [6.07, 6.45) is -0.263. The Bertz CT molecular complexity index is 1380. The van der Waals surface area contributed by atoms with E-state index in [0.717, 1.165) is 39.1 Å². The molecule has 2 aliphatic rings. The van der Waals surface area contributed by atoms with E-state index in [0.29, 0.717) is 18.8 Å². The van der Waals surface area contributed by atoms with Crippen molar-refractivity contribution in [3.63, 3.8) is 0 Å². The second-order valence-corrected chi connectivity index (χ2v) is 8.26. The summed E-state index contributed by atoms with van der Waals surface area (Å²) >= 11 is 0. The van der Waals surface area contributed by atoms with Gasteiger partial charge in [-0.3, -0.25) is 0 Å². The lowest BCUT2D eigenvalue weighted by Gasteiger charge is -2.15. The van der Waals surface area contributed by atoms with Crippen molar-refractivity contribution in [2.75, 3.05) is 20.3 Å². The molecule has 0 saturated heterocycles. The van der Waals surface area contributed by atoms with Crippen molar-refractivity contribution in [2.24, 2.45) is 0 Å². The molecule has 6 rings (SSSR count). The number of methoxy groups -OCH3 is 1. The summed E-state index contributed by atoms with van der Waals surface area (Å²) in [6.45, 7) is 3.00. The normalized spacial score (nSPS) is 15.6. The van der Waals surface area contributed by atoms with Gasteiger partial charge in [0.2, 0.25) is 0 Å². The maximum absolute atomic E-state index is 12.9. The summed E-state index contributed by atoms with van der Waals surface area (Å²) in [6, 6.07) is 22.9. The minimum Gasteiger partial charge on any atom is -0.491 e. The molecule has 0 radical (unpaired) electrons. The molecule has 4 nitrogen and oxygen atoms in total. The van der Waals surface area contributed by atoms with Crippen LogP contribution < -0.4 is 4.74 Å². The Morgan fingerprint density at radius 3 is 2.28 bits per heavy atom. The van der Waals surface area contributed by atoms with E-state index >= 15 is 0 Å². The fraction of sp³-hybridized carbons (Fsp3) is 0.179. The second kappa shape index (κ2) is 7.21. The van der Waals surface area contributed by atoms with Gasteiger partial charge < -0.3 is 14.2 Å². The molecule has 1 aliphatic carbocycles. The molecule has 1 aliphatic heterocycles. The molecule has 0 amide bonds. The topological polar surface area (TPSA) is 44.8 Å². The van der Waals surface area contributed by atoms with Gasteiger partial charge in [0.05, 0.1) is 12.2 Å². The first-order chi connectivity index (χ1) is 15.7. The zero-order chi connectivity index (χ0) is 21.8. The largest absolute Gasteiger partial charge is 0.491 e. The van der Waals surface area contributed by atoms with Crippen LogP contribution in [-0.2, 0) is 9.47 Å². The number of ether oxygens (including phenoxy) is 3. The molecule has 0 bridgehead atoms. The van der Waals surface area contributed by atoms with Gasteiger partial charge in [-0.2, -0.15) is 0 Å². The number of hydrogen-bond donors (Lipinski definition) is 0. The fourth-order valence-electron chi connectivity index (χ4n) is 5.04. The number of cyclic esters (lactones) is 1. The van der Waals surface area contributed by atoms with E-state index in [1.54, 1.807) is 7.11 Å². The van der Waals surface area contributed by atoms with Gasteiger partial charge in [0.1, 0.15) is 18.5 Å². The van der Waals surface area contributed by atoms with Crippen LogP contribution in [0.1, 0.15) is 28.9 Å². The molecule has 4 aromatic rings. The quantitative estimate of drug-likeness (QED) is 0.242. The first-order valence-electron chi connectivity index (χ1n) is 10.8. The van der Waals surface area contributed by atoms with Gasteiger partial charge in [-0.25, -0.2) is 4.79 Å². The Hall–Kier alpha value is -3.63. The first-order valence-corrected chi connectivity index (χ1v) is 10.8. The van der Waals surface area contributed by atoms with Crippen molar-refractivity contribution >= 4 is 16.7 Å². The molecule has 1 atom stereocenters. The monoisotopic (exact) mass is 422 g/mol. The van der Waals surface area contributed by atoms with Crippen LogP contribution in [0.25, 0.3) is 44.2 Å². The molecule has 1 unspecified atom stereocenters. The van der Waals surface area contributed by atoms with Crippen LogP contribution in [0.2, 0.25) is 0 Å². The molecule has 4 heteroatoms. The fourth-order valence-corrected chi connectivity index (χ4v) is 5.04. The lowest BCUT2D eigenvalue weighted by Crippen LogP contribution is -2.04. The highest BCUT2D eigenvalue weighted by Crippen LogP contribution is 2.55. The third kappa shape index (κ3) is 2.69. The highest BCUT2D eigenvalue weighted by atomic mass is 16.5. The molecular formula is C28H22O4. The molecule has 0 spiro atoms. The number of hydrogen-bond acceptors (Lipinski definition) is 4. The molecule has 158 valence electrons. The van der Waals surface area contributed by atoms with E-state index in [1.807, 2.05) is 19.1 Å². The van der Waals surface area contributed by atoms with Crippen LogP contribution in [0.3, 0.4) is 0 Å². The maximum Gasteiger partial charge on any atom is 0.339 e. The number of benzene rings is 4. The first kappa shape index (κ1) is 19.1. The van der Waals surface area contributed by atoms with Gasteiger partial charge in [-0.1, -0.05) is 48.5 Å². The van der Waals surface area contributed by atoms with Gasteiger partial charge in [-0.15, -0.1) is 0 Å². The third-order valence-electron chi connectivity index (χ3n) is 6.45. The summed E-state index contributed by atoms with van der Waals surface area (Å²) in [5.41, 5.74) is 8.23. The molecule has 4 aromatic carbocycles. The predicted molar refractivity (Wildman–Crippen MR) is 125 cm³/mol. The van der Waals surface area contributed by atoms with E-state index in [2.05, 4.69) is 54.6 Å². The van der Waals surface area contributed by atoms with E-state index in [-0.39, 0.29) is 12.1 Å². The van der Waals surface area contributed by atoms with Gasteiger partial charge in [0.15, 0.2) is 0 Å². The predicted octanol–water partition coefficient (Wildman–Crippen LogP) is 6.41. The van der Waals surface area contributed by atoms with E-state index in [4.69, 9.17) is 14.2 Å². The molecule has 0 fully saturated rings. The summed E-state index contributed by atoms with van der Waals surface area (Å²) in [4.78, 5) is 12.9. The van der Waals surface area contributed by atoms with Crippen molar-refractivity contribution in [3.05, 3.63) is 77.9 Å². The molecule has 0 aromatic heterocycles. The standard InChI is InChI=1S/C28H22O4/c1-16-22-15-23(17-9-11-19(12-10-17)31-14-13-30-2)25-20-7-3-5-18-6-4-8-21(24(18)20)26(25)27(22)28(29)32-16/h3-12,15-16H,13-14H2,1-2H3. The highest BCUT2D eigenvalue weighted by molar-refractivity contribution is 6.22. The van der Waals surface area contributed by atoms with Crippen molar-refractivity contribution < 1.29 is 19.0 Å². The lowest BCUT2D eigenvalue weighted by molar-refractivity contribution is 0.0422. The highest BCUT2D eigenvalue weighted by Gasteiger charge is 2.37. The molecule has 0 N–H and O–H groups in total. The average molecular weight is 422 g/mol. The molecule has 0 saturated carbocycles. The minimum atomic E-state index is -0.263. The third-order valence-corrected chi connectivity index (χ3v) is 6.45. The number of rotatable bonds is 5. The van der Waals surface area contributed by atoms with Crippen molar-refractivity contribution in [2.45, 2.75) is 13.0 Å². The second-order valence-electron chi connectivity index (χ2n) is 8.26. The van der Waals surface area contributed by atoms with Crippen LogP contribution in [0.4, 0.5) is 0 Å². The summed E-state index contributed by atoms with van der Waals surface area (Å²) in [5.74, 6) is 0.572. The van der Waals surface area contributed by atoms with Gasteiger partial charge in [-0.05, 0) is 63.7 Å². The zero-order valence-corrected chi connectivity index (χ0v) is 18.0. The van der Waals surface area contributed by atoms with Crippen LogP contribution in [0, 0.1) is 0 Å². The summed E-state index contributed by atoms with van der Waals surface area (Å²) < 4.78 is 16.5. The van der Waals surface area contributed by atoms with Crippen LogP contribution in [0.5, 0.6) is 5.75 Å². The number of fused-ring (bicyclic) bond motifs is 5. The van der Waals surface area contributed by atoms with Crippen molar-refractivity contribution in [1.82, 2.24) is 0 Å². The SMILES string of the molecule is COCCOc1ccc(-c2cc3c(c4c2-c2cccc5cccc-4c25)C(=O)OC3C)cc1. The smallest absolute Gasteiger partial charge is 0.339 e. The van der Waals surface area contributed by atoms with Crippen molar-refractivity contribution in [1.29, 1.82) is 0 Å². The molecular weight excluding hydrogens is 400 g/mol.